The van der Waals surface area contributed by atoms with Crippen LogP contribution in [0, 0.1) is 11.6 Å². The molecule has 164 valence electrons. The highest BCUT2D eigenvalue weighted by Gasteiger charge is 2.25. The molecule has 0 radical (unpaired) electrons. The number of nitrogens with zero attached hydrogens (tertiary/aromatic N) is 3. The van der Waals surface area contributed by atoms with Gasteiger partial charge in [0.05, 0.1) is 6.10 Å². The van der Waals surface area contributed by atoms with Gasteiger partial charge in [-0.1, -0.05) is 5.16 Å². The predicted octanol–water partition coefficient (Wildman–Crippen LogP) is 1.04. The highest BCUT2D eigenvalue weighted by Crippen LogP contribution is 2.23. The summed E-state index contributed by atoms with van der Waals surface area (Å²) in [5.41, 5.74) is 2.57. The summed E-state index contributed by atoms with van der Waals surface area (Å²) in [6, 6.07) is 2.73. The van der Waals surface area contributed by atoms with E-state index in [1.165, 1.54) is 6.07 Å². The van der Waals surface area contributed by atoms with Crippen molar-refractivity contribution < 1.29 is 31.9 Å². The third-order valence-corrected chi connectivity index (χ3v) is 4.98. The lowest BCUT2D eigenvalue weighted by Gasteiger charge is -2.27. The first-order valence-corrected chi connectivity index (χ1v) is 10.3. The molecule has 0 aliphatic heterocycles. The van der Waals surface area contributed by atoms with Gasteiger partial charge in [0.15, 0.2) is 17.3 Å². The zero-order chi connectivity index (χ0) is 21.7. The molecule has 1 fully saturated rings. The number of rotatable bonds is 7. The van der Waals surface area contributed by atoms with Gasteiger partial charge < -0.3 is 10.5 Å². The molecule has 30 heavy (non-hydrogen) atoms. The largest absolute Gasteiger partial charge is 0.409 e. The summed E-state index contributed by atoms with van der Waals surface area (Å²) < 4.78 is 55.5. The van der Waals surface area contributed by atoms with Gasteiger partial charge in [0, 0.05) is 17.8 Å². The fourth-order valence-electron chi connectivity index (χ4n) is 2.92. The van der Waals surface area contributed by atoms with Gasteiger partial charge in [-0.15, -0.1) is 0 Å². The lowest BCUT2D eigenvalue weighted by Crippen LogP contribution is -2.42. The Labute approximate surface area is 169 Å². The third kappa shape index (κ3) is 5.82. The molecule has 12 nitrogen and oxygen atoms in total. The van der Waals surface area contributed by atoms with Crippen LogP contribution in [0.5, 0.6) is 0 Å². The van der Waals surface area contributed by atoms with E-state index >= 15 is 0 Å². The quantitative estimate of drug-likeness (QED) is 0.180. The van der Waals surface area contributed by atoms with E-state index < -0.39 is 21.8 Å². The Kier molecular flexibility index (Phi) is 6.76. The average molecular weight is 447 g/mol. The Morgan fingerprint density at radius 1 is 1.23 bits per heavy atom. The zero-order valence-corrected chi connectivity index (χ0v) is 16.2. The van der Waals surface area contributed by atoms with E-state index in [9.17, 15) is 22.4 Å². The van der Waals surface area contributed by atoms with Gasteiger partial charge in [-0.05, 0) is 48.1 Å². The Balaban J connectivity index is 1.58. The SMILES string of the molecule is NS(=O)(=O)NC1CCC(ONc2nonc2/C(=N/O)Nc2ccc(F)c(F)c2)CC1. The van der Waals surface area contributed by atoms with Crippen LogP contribution in [0.2, 0.25) is 0 Å². The molecular formula is C15H19F2N7O5S. The van der Waals surface area contributed by atoms with Crippen LogP contribution in [-0.4, -0.2) is 41.9 Å². The second-order valence-corrected chi connectivity index (χ2v) is 7.85. The lowest BCUT2D eigenvalue weighted by molar-refractivity contribution is 0.0612. The number of benzene rings is 1. The van der Waals surface area contributed by atoms with Crippen molar-refractivity contribution in [2.75, 3.05) is 10.8 Å². The summed E-state index contributed by atoms with van der Waals surface area (Å²) >= 11 is 0. The monoisotopic (exact) mass is 447 g/mol. The molecule has 2 aromatic rings. The van der Waals surface area contributed by atoms with E-state index in [-0.39, 0.29) is 35.2 Å². The highest BCUT2D eigenvalue weighted by atomic mass is 32.2. The summed E-state index contributed by atoms with van der Waals surface area (Å²) in [5.74, 6) is -2.40. The molecule has 0 bridgehead atoms. The Morgan fingerprint density at radius 2 is 1.97 bits per heavy atom. The van der Waals surface area contributed by atoms with Crippen LogP contribution in [0.3, 0.4) is 0 Å². The summed E-state index contributed by atoms with van der Waals surface area (Å²) in [5, 5.41) is 27.0. The maximum absolute atomic E-state index is 13.4. The molecule has 0 spiro atoms. The van der Waals surface area contributed by atoms with Gasteiger partial charge in [0.1, 0.15) is 0 Å². The third-order valence-electron chi connectivity index (χ3n) is 4.32. The van der Waals surface area contributed by atoms with Crippen LogP contribution < -0.4 is 20.7 Å². The van der Waals surface area contributed by atoms with Crippen LogP contribution in [0.4, 0.5) is 20.3 Å². The number of hydrogen-bond acceptors (Lipinski definition) is 9. The van der Waals surface area contributed by atoms with E-state index in [0.29, 0.717) is 25.7 Å². The molecule has 1 aliphatic rings. The smallest absolute Gasteiger partial charge is 0.274 e. The fraction of sp³-hybridized carbons (Fsp3) is 0.400. The Bertz CT molecular complexity index is 1010. The van der Waals surface area contributed by atoms with Crippen molar-refractivity contribution in [1.29, 1.82) is 0 Å². The van der Waals surface area contributed by atoms with Gasteiger partial charge in [-0.3, -0.25) is 4.84 Å². The standard InChI is InChI=1S/C15H19F2N7O5S/c16-11-6-3-9(7-12(11)17)19-14(20-25)13-15(23-29-21-13)22-28-10-4-1-8(2-5-10)24-30(18,26)27/h3,6-8,10,24-25H,1-2,4-5H2,(H,19,20)(H,22,23)(H2,18,26,27). The molecule has 1 aromatic carbocycles. The van der Waals surface area contributed by atoms with Gasteiger partial charge in [0.25, 0.3) is 10.2 Å². The lowest BCUT2D eigenvalue weighted by atomic mass is 9.94. The van der Waals surface area contributed by atoms with Crippen molar-refractivity contribution in [2.45, 2.75) is 37.8 Å². The minimum absolute atomic E-state index is 0.0253. The summed E-state index contributed by atoms with van der Waals surface area (Å²) in [6.45, 7) is 0. The number of anilines is 2. The molecule has 0 amide bonds. The number of hydrogen-bond donors (Lipinski definition) is 5. The number of amidine groups is 1. The van der Waals surface area contributed by atoms with E-state index in [0.717, 1.165) is 12.1 Å². The first kappa shape index (κ1) is 21.8. The van der Waals surface area contributed by atoms with Crippen LogP contribution in [0.25, 0.3) is 0 Å². The van der Waals surface area contributed by atoms with Crippen molar-refractivity contribution in [2.24, 2.45) is 10.3 Å². The first-order valence-electron chi connectivity index (χ1n) is 8.74. The number of nitrogens with two attached hydrogens (primary N) is 1. The minimum atomic E-state index is -3.76. The number of nitrogens with one attached hydrogen (secondary N) is 3. The van der Waals surface area contributed by atoms with Crippen LogP contribution in [-0.2, 0) is 15.0 Å². The maximum Gasteiger partial charge on any atom is 0.274 e. The molecule has 1 aliphatic carbocycles. The molecule has 0 unspecified atom stereocenters. The zero-order valence-electron chi connectivity index (χ0n) is 15.4. The number of oxime groups is 1. The molecule has 0 atom stereocenters. The number of aromatic nitrogens is 2. The molecule has 1 saturated carbocycles. The average Bonchev–Trinajstić information content (AvgIpc) is 3.15. The maximum atomic E-state index is 13.4. The van der Waals surface area contributed by atoms with Crippen LogP contribution in [0.15, 0.2) is 28.0 Å². The van der Waals surface area contributed by atoms with E-state index in [1.54, 1.807) is 0 Å². The Hall–Kier alpha value is -2.88. The van der Waals surface area contributed by atoms with Crippen molar-refractivity contribution in [3.63, 3.8) is 0 Å². The van der Waals surface area contributed by atoms with E-state index in [4.69, 9.17) is 9.98 Å². The van der Waals surface area contributed by atoms with Gasteiger partial charge in [0.2, 0.25) is 11.7 Å². The van der Waals surface area contributed by atoms with Crippen molar-refractivity contribution >= 4 is 27.6 Å². The summed E-state index contributed by atoms with van der Waals surface area (Å²) in [7, 11) is -3.76. The molecule has 6 N–H and O–H groups in total. The predicted molar refractivity (Wildman–Crippen MR) is 99.6 cm³/mol. The molecule has 3 rings (SSSR count). The summed E-state index contributed by atoms with van der Waals surface area (Å²) in [4.78, 5) is 5.53. The van der Waals surface area contributed by atoms with Crippen molar-refractivity contribution in [3.8, 4) is 0 Å². The van der Waals surface area contributed by atoms with Gasteiger partial charge >= 0.3 is 0 Å². The van der Waals surface area contributed by atoms with Crippen LogP contribution >= 0.6 is 0 Å². The van der Waals surface area contributed by atoms with Gasteiger partial charge in [-0.2, -0.15) is 13.1 Å². The normalized spacial score (nSPS) is 20.2. The highest BCUT2D eigenvalue weighted by molar-refractivity contribution is 7.87. The number of halogens is 2. The van der Waals surface area contributed by atoms with Gasteiger partial charge in [-0.25, -0.2) is 24.0 Å². The van der Waals surface area contributed by atoms with E-state index in [2.05, 4.69) is 35.6 Å². The Morgan fingerprint density at radius 3 is 2.60 bits per heavy atom. The molecule has 1 aromatic heterocycles. The second-order valence-electron chi connectivity index (χ2n) is 6.52. The molecule has 0 saturated heterocycles. The second kappa shape index (κ2) is 9.29. The minimum Gasteiger partial charge on any atom is -0.409 e. The topological polar surface area (TPSA) is 177 Å². The van der Waals surface area contributed by atoms with Crippen molar-refractivity contribution in [1.82, 2.24) is 15.0 Å². The molecule has 1 heterocycles. The summed E-state index contributed by atoms with van der Waals surface area (Å²) in [6.07, 6.45) is 1.85. The molecular weight excluding hydrogens is 428 g/mol. The van der Waals surface area contributed by atoms with E-state index in [1.807, 2.05) is 0 Å². The fourth-order valence-corrected chi connectivity index (χ4v) is 3.62. The van der Waals surface area contributed by atoms with Crippen molar-refractivity contribution in [3.05, 3.63) is 35.5 Å². The molecule has 15 heteroatoms. The van der Waals surface area contributed by atoms with Crippen LogP contribution in [0.1, 0.15) is 31.4 Å². The first-order chi connectivity index (χ1) is 14.2.